The molecule has 0 aliphatic carbocycles. The van der Waals surface area contributed by atoms with Crippen molar-refractivity contribution < 1.29 is 29.0 Å². The predicted octanol–water partition coefficient (Wildman–Crippen LogP) is 2.58. The Kier molecular flexibility index (Phi) is 11.7. The van der Waals surface area contributed by atoms with Crippen molar-refractivity contribution in [2.45, 2.75) is 76.9 Å². The Hall–Kier alpha value is -1.14. The van der Waals surface area contributed by atoms with Crippen molar-refractivity contribution in [3.8, 4) is 0 Å². The Morgan fingerprint density at radius 1 is 1.04 bits per heavy atom. The number of aliphatic carboxylic acids is 1. The van der Waals surface area contributed by atoms with Crippen LogP contribution in [0.15, 0.2) is 0 Å². The summed E-state index contributed by atoms with van der Waals surface area (Å²) in [6, 6.07) is 0. The Balaban J connectivity index is 4.04. The second-order valence-corrected chi connectivity index (χ2v) is 7.58. The van der Waals surface area contributed by atoms with Gasteiger partial charge < -0.3 is 19.4 Å². The number of rotatable bonds is 14. The lowest BCUT2D eigenvalue weighted by atomic mass is 10.0. The molecule has 0 aliphatic heterocycles. The normalized spacial score (nSPS) is 14.2. The van der Waals surface area contributed by atoms with Crippen LogP contribution < -0.4 is 0 Å². The Morgan fingerprint density at radius 3 is 2.21 bits per heavy atom. The number of carboxylic acid groups (broad SMARTS) is 1. The van der Waals surface area contributed by atoms with Crippen LogP contribution in [0.2, 0.25) is 0 Å². The maximum absolute atomic E-state index is 11.9. The molecule has 6 nitrogen and oxygen atoms in total. The Morgan fingerprint density at radius 2 is 1.67 bits per heavy atom. The highest BCUT2D eigenvalue weighted by Gasteiger charge is 2.24. The molecule has 0 saturated heterocycles. The highest BCUT2D eigenvalue weighted by atomic mass is 16.5. The highest BCUT2D eigenvalue weighted by molar-refractivity contribution is 5.71. The summed E-state index contributed by atoms with van der Waals surface area (Å²) in [6.45, 7) is 2.61. The van der Waals surface area contributed by atoms with Gasteiger partial charge >= 0.3 is 11.9 Å². The van der Waals surface area contributed by atoms with Crippen LogP contribution in [0.1, 0.15) is 64.7 Å². The monoisotopic (exact) mass is 346 g/mol. The average Bonchev–Trinajstić information content (AvgIpc) is 2.40. The number of likely N-dealkylation sites (N-methyl/N-ethyl adjacent to an activating group) is 1. The zero-order valence-electron chi connectivity index (χ0n) is 15.8. The number of carbonyl (C=O) groups is 2. The molecule has 0 amide bonds. The molecule has 0 radical (unpaired) electrons. The van der Waals surface area contributed by atoms with E-state index in [1.807, 2.05) is 21.1 Å². The maximum atomic E-state index is 11.9. The van der Waals surface area contributed by atoms with Gasteiger partial charge in [0.2, 0.25) is 0 Å². The van der Waals surface area contributed by atoms with E-state index in [9.17, 15) is 14.7 Å². The molecule has 0 spiro atoms. The minimum absolute atomic E-state index is 0.179. The summed E-state index contributed by atoms with van der Waals surface area (Å²) in [5, 5.41) is 18.8. The van der Waals surface area contributed by atoms with Gasteiger partial charge in [-0.3, -0.25) is 9.59 Å². The molecule has 2 unspecified atom stereocenters. The van der Waals surface area contributed by atoms with Gasteiger partial charge in [-0.15, -0.1) is 0 Å². The number of aliphatic hydroxyl groups excluding tert-OH is 1. The second kappa shape index (κ2) is 12.3. The lowest BCUT2D eigenvalue weighted by molar-refractivity contribution is -0.873. The van der Waals surface area contributed by atoms with Gasteiger partial charge in [-0.25, -0.2) is 0 Å². The largest absolute Gasteiger partial charge is 0.481 e. The first-order chi connectivity index (χ1) is 11.1. The van der Waals surface area contributed by atoms with Crippen molar-refractivity contribution in [3.63, 3.8) is 0 Å². The van der Waals surface area contributed by atoms with E-state index in [-0.39, 0.29) is 24.9 Å². The van der Waals surface area contributed by atoms with Crippen LogP contribution in [0.25, 0.3) is 0 Å². The predicted molar refractivity (Wildman–Crippen MR) is 93.6 cm³/mol. The molecule has 0 aromatic heterocycles. The number of unbranched alkanes of at least 4 members (excludes halogenated alkanes) is 3. The minimum Gasteiger partial charge on any atom is -0.481 e. The smallest absolute Gasteiger partial charge is 0.307 e. The van der Waals surface area contributed by atoms with Crippen LogP contribution in [0, 0.1) is 0 Å². The van der Waals surface area contributed by atoms with E-state index < -0.39 is 12.1 Å². The summed E-state index contributed by atoms with van der Waals surface area (Å²) in [7, 11) is 5.78. The summed E-state index contributed by atoms with van der Waals surface area (Å²) in [4.78, 5) is 22.8. The first-order valence-corrected chi connectivity index (χ1v) is 9.03. The van der Waals surface area contributed by atoms with Crippen LogP contribution in [0.5, 0.6) is 0 Å². The van der Waals surface area contributed by atoms with Crippen molar-refractivity contribution in [3.05, 3.63) is 0 Å². The first-order valence-electron chi connectivity index (χ1n) is 9.03. The Labute approximate surface area is 146 Å². The third kappa shape index (κ3) is 14.5. The van der Waals surface area contributed by atoms with Crippen LogP contribution in [-0.2, 0) is 14.3 Å². The molecule has 2 atom stereocenters. The SMILES string of the molecule is CCCCCCC(O)CCCC(=O)OC(CC(=O)O)C[N+](C)(C)C. The summed E-state index contributed by atoms with van der Waals surface area (Å²) >= 11 is 0. The second-order valence-electron chi connectivity index (χ2n) is 7.58. The lowest BCUT2D eigenvalue weighted by Gasteiger charge is -2.28. The number of nitrogens with zero attached hydrogens (tertiary/aromatic N) is 1. The molecule has 0 aliphatic rings. The number of quaternary nitrogens is 1. The van der Waals surface area contributed by atoms with Crippen molar-refractivity contribution in [1.29, 1.82) is 0 Å². The highest BCUT2D eigenvalue weighted by Crippen LogP contribution is 2.12. The number of ether oxygens (including phenoxy) is 1. The summed E-state index contributed by atoms with van der Waals surface area (Å²) in [6.07, 6.45) is 5.51. The number of carbonyl (C=O) groups excluding carboxylic acids is 1. The molecular weight excluding hydrogens is 310 g/mol. The standard InChI is InChI=1S/C18H35NO5/c1-5-6-7-8-10-15(20)11-9-12-18(23)24-16(13-17(21)22)14-19(2,3)4/h15-16,20H,5-14H2,1-4H3/p+1. The molecule has 0 fully saturated rings. The van der Waals surface area contributed by atoms with E-state index in [0.29, 0.717) is 23.9 Å². The molecule has 24 heavy (non-hydrogen) atoms. The van der Waals surface area contributed by atoms with E-state index in [1.54, 1.807) is 0 Å². The van der Waals surface area contributed by atoms with Gasteiger partial charge in [-0.1, -0.05) is 32.6 Å². The van der Waals surface area contributed by atoms with Crippen molar-refractivity contribution in [1.82, 2.24) is 0 Å². The van der Waals surface area contributed by atoms with Crippen LogP contribution in [-0.4, -0.2) is 66.5 Å². The van der Waals surface area contributed by atoms with E-state index in [2.05, 4.69) is 6.92 Å². The molecule has 0 aromatic rings. The van der Waals surface area contributed by atoms with Gasteiger partial charge in [0.1, 0.15) is 6.54 Å². The molecule has 2 N–H and O–H groups in total. The van der Waals surface area contributed by atoms with Gasteiger partial charge in [0.05, 0.1) is 33.7 Å². The lowest BCUT2D eigenvalue weighted by Crippen LogP contribution is -2.43. The molecule has 0 rings (SSSR count). The zero-order chi connectivity index (χ0) is 18.6. The van der Waals surface area contributed by atoms with E-state index in [1.165, 1.54) is 12.8 Å². The summed E-state index contributed by atoms with van der Waals surface area (Å²) in [5.74, 6) is -1.35. The van der Waals surface area contributed by atoms with Crippen LogP contribution in [0.4, 0.5) is 0 Å². The average molecular weight is 346 g/mol. The molecule has 0 saturated carbocycles. The molecular formula is C18H36NO5+. The van der Waals surface area contributed by atoms with Crippen molar-refractivity contribution >= 4 is 11.9 Å². The minimum atomic E-state index is -0.969. The third-order valence-corrected chi connectivity index (χ3v) is 3.76. The van der Waals surface area contributed by atoms with Gasteiger partial charge in [0, 0.05) is 6.42 Å². The number of hydrogen-bond donors (Lipinski definition) is 2. The number of esters is 1. The van der Waals surface area contributed by atoms with Crippen molar-refractivity contribution in [2.75, 3.05) is 27.7 Å². The van der Waals surface area contributed by atoms with Crippen LogP contribution in [0.3, 0.4) is 0 Å². The van der Waals surface area contributed by atoms with Crippen LogP contribution >= 0.6 is 0 Å². The fourth-order valence-corrected chi connectivity index (χ4v) is 2.63. The molecule has 6 heteroatoms. The van der Waals surface area contributed by atoms with Crippen molar-refractivity contribution in [2.24, 2.45) is 0 Å². The zero-order valence-corrected chi connectivity index (χ0v) is 15.8. The molecule has 0 bridgehead atoms. The van der Waals surface area contributed by atoms with Gasteiger partial charge in [0.25, 0.3) is 0 Å². The number of hydrogen-bond acceptors (Lipinski definition) is 4. The fourth-order valence-electron chi connectivity index (χ4n) is 2.63. The summed E-state index contributed by atoms with van der Waals surface area (Å²) < 4.78 is 5.84. The topological polar surface area (TPSA) is 83.8 Å². The van der Waals surface area contributed by atoms with E-state index in [0.717, 1.165) is 19.3 Å². The van der Waals surface area contributed by atoms with E-state index in [4.69, 9.17) is 9.84 Å². The fraction of sp³-hybridized carbons (Fsp3) is 0.889. The quantitative estimate of drug-likeness (QED) is 0.287. The molecule has 0 heterocycles. The molecule has 142 valence electrons. The number of aliphatic hydroxyl groups is 1. The number of carboxylic acids is 1. The first kappa shape index (κ1) is 22.9. The maximum Gasteiger partial charge on any atom is 0.307 e. The third-order valence-electron chi connectivity index (χ3n) is 3.76. The molecule has 0 aromatic carbocycles. The van der Waals surface area contributed by atoms with Gasteiger partial charge in [0.15, 0.2) is 6.10 Å². The van der Waals surface area contributed by atoms with E-state index >= 15 is 0 Å². The summed E-state index contributed by atoms with van der Waals surface area (Å²) in [5.41, 5.74) is 0. The van der Waals surface area contributed by atoms with Gasteiger partial charge in [-0.2, -0.15) is 0 Å². The van der Waals surface area contributed by atoms with Gasteiger partial charge in [-0.05, 0) is 19.3 Å². The Bertz CT molecular complexity index is 365.